The summed E-state index contributed by atoms with van der Waals surface area (Å²) in [6, 6.07) is 2.97. The van der Waals surface area contributed by atoms with Crippen LogP contribution >= 0.6 is 0 Å². The van der Waals surface area contributed by atoms with E-state index in [1.165, 1.54) is 6.42 Å². The number of hydrogen-bond donors (Lipinski definition) is 2. The quantitative estimate of drug-likeness (QED) is 0.814. The van der Waals surface area contributed by atoms with Gasteiger partial charge in [0.15, 0.2) is 0 Å². The minimum atomic E-state index is -0.107. The lowest BCUT2D eigenvalue weighted by molar-refractivity contribution is 0.0926. The van der Waals surface area contributed by atoms with E-state index in [0.29, 0.717) is 17.8 Å². The Balaban J connectivity index is 1.53. The van der Waals surface area contributed by atoms with E-state index in [4.69, 9.17) is 0 Å². The fourth-order valence-electron chi connectivity index (χ4n) is 3.17. The third kappa shape index (κ3) is 1.79. The van der Waals surface area contributed by atoms with Crippen molar-refractivity contribution in [1.82, 2.24) is 25.0 Å². The highest BCUT2D eigenvalue weighted by atomic mass is 16.2. The molecule has 0 aliphatic carbocycles. The van der Waals surface area contributed by atoms with Crippen molar-refractivity contribution in [3.8, 4) is 0 Å². The molecule has 2 aromatic rings. The topological polar surface area (TPSA) is 71.3 Å². The van der Waals surface area contributed by atoms with E-state index in [1.54, 1.807) is 23.0 Å². The molecule has 2 N–H and O–H groups in total. The van der Waals surface area contributed by atoms with E-state index >= 15 is 0 Å². The molecule has 1 amide bonds. The molecule has 98 valence electrons. The van der Waals surface area contributed by atoms with Crippen molar-refractivity contribution >= 4 is 11.6 Å². The first kappa shape index (κ1) is 10.9. The Hall–Kier alpha value is -1.95. The van der Waals surface area contributed by atoms with Crippen LogP contribution in [0.5, 0.6) is 0 Å². The summed E-state index contributed by atoms with van der Waals surface area (Å²) in [4.78, 5) is 20.5. The Morgan fingerprint density at radius 1 is 1.42 bits per heavy atom. The lowest BCUT2D eigenvalue weighted by atomic mass is 9.95. The van der Waals surface area contributed by atoms with Crippen molar-refractivity contribution in [2.24, 2.45) is 0 Å². The second kappa shape index (κ2) is 4.03. The van der Waals surface area contributed by atoms with Gasteiger partial charge in [-0.25, -0.2) is 9.97 Å². The van der Waals surface area contributed by atoms with Crippen LogP contribution in [0.4, 0.5) is 0 Å². The minimum absolute atomic E-state index is 0.107. The maximum absolute atomic E-state index is 12.2. The predicted octanol–water partition coefficient (Wildman–Crippen LogP) is 0.352. The number of carbonyl (C=O) groups excluding carboxylic acids is 1. The van der Waals surface area contributed by atoms with Gasteiger partial charge in [-0.15, -0.1) is 0 Å². The van der Waals surface area contributed by atoms with Crippen molar-refractivity contribution < 1.29 is 4.79 Å². The van der Waals surface area contributed by atoms with Gasteiger partial charge in [0.1, 0.15) is 17.7 Å². The first-order valence-corrected chi connectivity index (χ1v) is 6.65. The Kier molecular flexibility index (Phi) is 2.32. The van der Waals surface area contributed by atoms with Crippen LogP contribution in [0.25, 0.3) is 5.65 Å². The summed E-state index contributed by atoms with van der Waals surface area (Å²) < 4.78 is 1.79. The van der Waals surface area contributed by atoms with E-state index in [2.05, 4.69) is 20.6 Å². The molecule has 4 rings (SSSR count). The fraction of sp³-hybridized carbons (Fsp3) is 0.462. The third-order valence-corrected chi connectivity index (χ3v) is 4.13. The second-order valence-electron chi connectivity index (χ2n) is 5.33. The van der Waals surface area contributed by atoms with E-state index in [1.807, 2.05) is 6.20 Å². The van der Waals surface area contributed by atoms with Gasteiger partial charge >= 0.3 is 0 Å². The number of carbonyl (C=O) groups is 1. The van der Waals surface area contributed by atoms with E-state index in [0.717, 1.165) is 18.5 Å². The number of hydrogen-bond acceptors (Lipinski definition) is 4. The highest BCUT2D eigenvalue weighted by Gasteiger charge is 2.39. The molecule has 4 heterocycles. The van der Waals surface area contributed by atoms with Crippen molar-refractivity contribution in [1.29, 1.82) is 0 Å². The number of amides is 1. The molecule has 2 fully saturated rings. The maximum Gasteiger partial charge on any atom is 0.270 e. The Morgan fingerprint density at radius 2 is 2.37 bits per heavy atom. The Bertz CT molecular complexity index is 637. The van der Waals surface area contributed by atoms with Crippen LogP contribution in [0.1, 0.15) is 29.8 Å². The molecule has 2 aromatic heterocycles. The number of nitrogens with one attached hydrogen (secondary N) is 2. The summed E-state index contributed by atoms with van der Waals surface area (Å²) in [6.45, 7) is 0. The standard InChI is InChI=1S/C13H15N5O/c19-13(17-10-5-8-1-2-9(10)16-8)11-6-12-14-3-4-18(12)7-15-11/h3-4,6-10,16H,1-2,5H2,(H,17,19)/t8-,9+,10-/m1/s1. The largest absolute Gasteiger partial charge is 0.346 e. The molecule has 0 saturated carbocycles. The zero-order valence-electron chi connectivity index (χ0n) is 10.4. The van der Waals surface area contributed by atoms with Crippen LogP contribution in [0, 0.1) is 0 Å². The summed E-state index contributed by atoms with van der Waals surface area (Å²) >= 11 is 0. The maximum atomic E-state index is 12.2. The average Bonchev–Trinajstić information content (AvgIpc) is 3.13. The van der Waals surface area contributed by atoms with Crippen molar-refractivity contribution in [3.63, 3.8) is 0 Å². The van der Waals surface area contributed by atoms with Crippen LogP contribution < -0.4 is 10.6 Å². The fourth-order valence-corrected chi connectivity index (χ4v) is 3.17. The van der Waals surface area contributed by atoms with Crippen molar-refractivity contribution in [3.05, 3.63) is 30.5 Å². The van der Waals surface area contributed by atoms with Crippen LogP contribution in [0.3, 0.4) is 0 Å². The number of aromatic nitrogens is 3. The first-order valence-electron chi connectivity index (χ1n) is 6.65. The summed E-state index contributed by atoms with van der Waals surface area (Å²) in [5, 5.41) is 6.59. The SMILES string of the molecule is O=C(N[C@@H]1C[C@H]2CC[C@@H]1N2)c1cc2nccn2cn1. The lowest BCUT2D eigenvalue weighted by Crippen LogP contribution is -2.43. The van der Waals surface area contributed by atoms with Gasteiger partial charge in [0.05, 0.1) is 0 Å². The molecule has 0 aromatic carbocycles. The Labute approximate surface area is 110 Å². The summed E-state index contributed by atoms with van der Waals surface area (Å²) in [6.07, 6.45) is 8.54. The molecular weight excluding hydrogens is 242 g/mol. The van der Waals surface area contributed by atoms with Gasteiger partial charge in [-0.1, -0.05) is 0 Å². The minimum Gasteiger partial charge on any atom is -0.346 e. The molecule has 6 heteroatoms. The van der Waals surface area contributed by atoms with Crippen molar-refractivity contribution in [2.45, 2.75) is 37.4 Å². The summed E-state index contributed by atoms with van der Waals surface area (Å²) in [7, 11) is 0. The van der Waals surface area contributed by atoms with Gasteiger partial charge in [-0.05, 0) is 19.3 Å². The molecule has 19 heavy (non-hydrogen) atoms. The van der Waals surface area contributed by atoms with Crippen LogP contribution in [-0.4, -0.2) is 38.4 Å². The van der Waals surface area contributed by atoms with Crippen LogP contribution in [0.2, 0.25) is 0 Å². The van der Waals surface area contributed by atoms with Gasteiger partial charge in [0, 0.05) is 36.6 Å². The molecule has 2 saturated heterocycles. The van der Waals surface area contributed by atoms with E-state index in [-0.39, 0.29) is 11.9 Å². The molecule has 3 atom stereocenters. The highest BCUT2D eigenvalue weighted by molar-refractivity contribution is 5.93. The zero-order chi connectivity index (χ0) is 12.8. The molecular formula is C13H15N5O. The molecule has 0 radical (unpaired) electrons. The normalized spacial score (nSPS) is 28.9. The van der Waals surface area contributed by atoms with Gasteiger partial charge in [0.2, 0.25) is 0 Å². The zero-order valence-corrected chi connectivity index (χ0v) is 10.4. The van der Waals surface area contributed by atoms with Crippen molar-refractivity contribution in [2.75, 3.05) is 0 Å². The smallest absolute Gasteiger partial charge is 0.270 e. The average molecular weight is 257 g/mol. The first-order chi connectivity index (χ1) is 9.29. The number of imidazole rings is 1. The number of nitrogens with zero attached hydrogens (tertiary/aromatic N) is 3. The molecule has 0 spiro atoms. The summed E-state index contributed by atoms with van der Waals surface area (Å²) in [5.41, 5.74) is 1.17. The predicted molar refractivity (Wildman–Crippen MR) is 68.8 cm³/mol. The van der Waals surface area contributed by atoms with E-state index in [9.17, 15) is 4.79 Å². The van der Waals surface area contributed by atoms with Gasteiger partial charge in [-0.2, -0.15) is 0 Å². The lowest BCUT2D eigenvalue weighted by Gasteiger charge is -2.21. The van der Waals surface area contributed by atoms with Crippen LogP contribution in [0.15, 0.2) is 24.8 Å². The molecule has 6 nitrogen and oxygen atoms in total. The molecule has 2 aliphatic heterocycles. The third-order valence-electron chi connectivity index (χ3n) is 4.13. The van der Waals surface area contributed by atoms with Gasteiger partial charge in [-0.3, -0.25) is 9.20 Å². The molecule has 2 bridgehead atoms. The molecule has 2 aliphatic rings. The number of fused-ring (bicyclic) bond motifs is 3. The molecule has 0 unspecified atom stereocenters. The number of rotatable bonds is 2. The summed E-state index contributed by atoms with van der Waals surface area (Å²) in [5.74, 6) is -0.107. The van der Waals surface area contributed by atoms with Gasteiger partial charge in [0.25, 0.3) is 5.91 Å². The second-order valence-corrected chi connectivity index (χ2v) is 5.33. The van der Waals surface area contributed by atoms with E-state index < -0.39 is 0 Å². The van der Waals surface area contributed by atoms with Gasteiger partial charge < -0.3 is 10.6 Å². The van der Waals surface area contributed by atoms with Crippen LogP contribution in [-0.2, 0) is 0 Å². The monoisotopic (exact) mass is 257 g/mol. The highest BCUT2D eigenvalue weighted by Crippen LogP contribution is 2.28. The Morgan fingerprint density at radius 3 is 3.16 bits per heavy atom.